The Morgan fingerprint density at radius 2 is 1.75 bits per heavy atom. The van der Waals surface area contributed by atoms with Gasteiger partial charge in [-0.15, -0.1) is 0 Å². The van der Waals surface area contributed by atoms with Crippen LogP contribution < -0.4 is 0 Å². The van der Waals surface area contributed by atoms with E-state index in [1.165, 1.54) is 0 Å². The lowest BCUT2D eigenvalue weighted by Crippen LogP contribution is -2.59. The van der Waals surface area contributed by atoms with Crippen molar-refractivity contribution in [3.8, 4) is 0 Å². The van der Waals surface area contributed by atoms with Crippen LogP contribution in [0.4, 0.5) is 0 Å². The average Bonchev–Trinajstić information content (AvgIpc) is 2.97. The number of hydrogen-bond donors (Lipinski definition) is 2. The molecule has 2 heterocycles. The van der Waals surface area contributed by atoms with Gasteiger partial charge >= 0.3 is 5.97 Å². The van der Waals surface area contributed by atoms with Crippen LogP contribution in [0.1, 0.15) is 74.7 Å². The Balaban J connectivity index is 2.53. The van der Waals surface area contributed by atoms with E-state index < -0.39 is 53.5 Å². The molecule has 10 atom stereocenters. The maximum absolute atomic E-state index is 14.2. The van der Waals surface area contributed by atoms with E-state index in [4.69, 9.17) is 18.9 Å². The lowest BCUT2D eigenvalue weighted by atomic mass is 9.74. The Hall–Kier alpha value is -1.18. The molecule has 2 saturated heterocycles. The van der Waals surface area contributed by atoms with Crippen molar-refractivity contribution in [3.63, 3.8) is 0 Å². The Kier molecular flexibility index (Phi) is 14.7. The lowest BCUT2D eigenvalue weighted by Gasteiger charge is -2.47. The summed E-state index contributed by atoms with van der Waals surface area (Å²) in [6.07, 6.45) is -2.00. The first kappa shape index (κ1) is 39.0. The SMILES string of the molecule is CCN(C)CC[C@@H](O)[C@@H]1COC(=O)C(C)(C)C(=O)[C@H](C)[C@@H](O[C@@H]2O[C@H](C)C[C@H](N(C)C)[C@H]2O)[C@](C)(OC)C[C@@H](C)CN1CC. The molecule has 2 rings (SSSR count). The van der Waals surface area contributed by atoms with Gasteiger partial charge in [0.1, 0.15) is 18.1 Å². The molecule has 44 heavy (non-hydrogen) atoms. The standard InChI is InChI=1S/C33H63N3O8/c1-13-35(11)16-15-26(37)25-20-42-31(40)32(6,7)28(39)23(5)29(33(8,41-12)18-21(3)19-36(25)14-2)44-30-27(38)24(34(9)10)17-22(4)43-30/h21-27,29-30,37-38H,13-20H2,1-12H3/t21-,22-,23+,24+,25+,26-,27-,29-,30+,33-/m1/s1. The second-order valence-corrected chi connectivity index (χ2v) is 14.2. The highest BCUT2D eigenvalue weighted by Gasteiger charge is 2.51. The molecule has 0 aromatic rings. The predicted octanol–water partition coefficient (Wildman–Crippen LogP) is 2.41. The molecule has 11 heteroatoms. The quantitative estimate of drug-likeness (QED) is 0.274. The molecule has 11 nitrogen and oxygen atoms in total. The van der Waals surface area contributed by atoms with Crippen LogP contribution in [0.2, 0.25) is 0 Å². The molecule has 0 amide bonds. The molecule has 2 fully saturated rings. The summed E-state index contributed by atoms with van der Waals surface area (Å²) in [5, 5.41) is 22.6. The summed E-state index contributed by atoms with van der Waals surface area (Å²) >= 11 is 0. The Labute approximate surface area is 266 Å². The Morgan fingerprint density at radius 1 is 1.11 bits per heavy atom. The van der Waals surface area contributed by atoms with Gasteiger partial charge < -0.3 is 39.0 Å². The van der Waals surface area contributed by atoms with Gasteiger partial charge in [-0.2, -0.15) is 0 Å². The Morgan fingerprint density at radius 3 is 2.30 bits per heavy atom. The minimum Gasteiger partial charge on any atom is -0.463 e. The molecule has 0 aromatic heterocycles. The Bertz CT molecular complexity index is 919. The number of esters is 1. The summed E-state index contributed by atoms with van der Waals surface area (Å²) in [7, 11) is 7.44. The first-order valence-corrected chi connectivity index (χ1v) is 16.5. The van der Waals surface area contributed by atoms with E-state index in [0.717, 1.165) is 6.54 Å². The zero-order valence-corrected chi connectivity index (χ0v) is 29.5. The number of ketones is 1. The molecular weight excluding hydrogens is 566 g/mol. The number of carbonyl (C=O) groups is 2. The molecular formula is C33H63N3O8. The second kappa shape index (κ2) is 16.6. The number of likely N-dealkylation sites (N-methyl/N-ethyl adjacent to an activating group) is 2. The number of hydrogen-bond acceptors (Lipinski definition) is 11. The highest BCUT2D eigenvalue weighted by atomic mass is 16.7. The molecule has 2 aliphatic rings. The van der Waals surface area contributed by atoms with Crippen molar-refractivity contribution in [2.45, 2.75) is 123 Å². The summed E-state index contributed by atoms with van der Waals surface area (Å²) in [5.74, 6) is -1.74. The van der Waals surface area contributed by atoms with Gasteiger partial charge in [0.05, 0.1) is 30.0 Å². The number of methoxy groups -OCH3 is 1. The third-order valence-electron chi connectivity index (χ3n) is 9.97. The second-order valence-electron chi connectivity index (χ2n) is 14.2. The molecule has 0 bridgehead atoms. The molecule has 0 saturated carbocycles. The molecule has 0 spiro atoms. The van der Waals surface area contributed by atoms with Crippen molar-refractivity contribution in [2.75, 3.05) is 61.0 Å². The smallest absolute Gasteiger partial charge is 0.319 e. The zero-order chi connectivity index (χ0) is 33.6. The molecule has 2 aliphatic heterocycles. The van der Waals surface area contributed by atoms with Gasteiger partial charge in [-0.05, 0) is 87.1 Å². The lowest BCUT2D eigenvalue weighted by molar-refractivity contribution is -0.295. The molecule has 2 N–H and O–H groups in total. The average molecular weight is 630 g/mol. The molecule has 0 unspecified atom stereocenters. The van der Waals surface area contributed by atoms with Crippen LogP contribution in [-0.4, -0.2) is 146 Å². The largest absolute Gasteiger partial charge is 0.463 e. The van der Waals surface area contributed by atoms with Crippen LogP contribution in [0.15, 0.2) is 0 Å². The van der Waals surface area contributed by atoms with Crippen LogP contribution in [0, 0.1) is 17.3 Å². The fourth-order valence-corrected chi connectivity index (χ4v) is 6.87. The van der Waals surface area contributed by atoms with E-state index in [1.54, 1.807) is 27.9 Å². The van der Waals surface area contributed by atoms with Gasteiger partial charge in [0.2, 0.25) is 0 Å². The maximum Gasteiger partial charge on any atom is 0.319 e. The summed E-state index contributed by atoms with van der Waals surface area (Å²) < 4.78 is 24.8. The zero-order valence-electron chi connectivity index (χ0n) is 29.5. The summed E-state index contributed by atoms with van der Waals surface area (Å²) in [4.78, 5) is 34.0. The van der Waals surface area contributed by atoms with Crippen LogP contribution >= 0.6 is 0 Å². The number of rotatable bonds is 10. The van der Waals surface area contributed by atoms with Crippen molar-refractivity contribution < 1.29 is 38.7 Å². The summed E-state index contributed by atoms with van der Waals surface area (Å²) in [6.45, 7) is 17.8. The fraction of sp³-hybridized carbons (Fsp3) is 0.939. The highest BCUT2D eigenvalue weighted by molar-refractivity contribution is 6.04. The number of nitrogens with zero attached hydrogens (tertiary/aromatic N) is 3. The van der Waals surface area contributed by atoms with Crippen molar-refractivity contribution in [3.05, 3.63) is 0 Å². The first-order valence-electron chi connectivity index (χ1n) is 16.5. The predicted molar refractivity (Wildman–Crippen MR) is 170 cm³/mol. The number of Topliss-reactive ketones (excluding diaryl/α,β-unsaturated/α-hetero) is 1. The molecule has 258 valence electrons. The number of aliphatic hydroxyl groups is 2. The highest BCUT2D eigenvalue weighted by Crippen LogP contribution is 2.38. The van der Waals surface area contributed by atoms with Crippen LogP contribution in [0.3, 0.4) is 0 Å². The maximum atomic E-state index is 14.2. The van der Waals surface area contributed by atoms with Crippen molar-refractivity contribution >= 4 is 11.8 Å². The van der Waals surface area contributed by atoms with Crippen LogP contribution in [-0.2, 0) is 28.5 Å². The van der Waals surface area contributed by atoms with Gasteiger partial charge in [0, 0.05) is 32.2 Å². The fourth-order valence-electron chi connectivity index (χ4n) is 6.87. The van der Waals surface area contributed by atoms with Crippen LogP contribution in [0.25, 0.3) is 0 Å². The van der Waals surface area contributed by atoms with E-state index in [2.05, 4.69) is 23.6 Å². The summed E-state index contributed by atoms with van der Waals surface area (Å²) in [5.41, 5.74) is -2.47. The van der Waals surface area contributed by atoms with Gasteiger partial charge in [0.25, 0.3) is 0 Å². The first-order chi connectivity index (χ1) is 20.4. The van der Waals surface area contributed by atoms with Crippen molar-refractivity contribution in [2.24, 2.45) is 17.3 Å². The van der Waals surface area contributed by atoms with E-state index >= 15 is 0 Å². The number of aliphatic hydroxyl groups excluding tert-OH is 2. The van der Waals surface area contributed by atoms with Gasteiger partial charge in [-0.3, -0.25) is 14.5 Å². The monoisotopic (exact) mass is 629 g/mol. The van der Waals surface area contributed by atoms with E-state index in [9.17, 15) is 19.8 Å². The van der Waals surface area contributed by atoms with E-state index in [0.29, 0.717) is 38.9 Å². The molecule has 0 radical (unpaired) electrons. The van der Waals surface area contributed by atoms with E-state index in [-0.39, 0.29) is 30.5 Å². The molecule has 0 aromatic carbocycles. The van der Waals surface area contributed by atoms with Crippen LogP contribution in [0.5, 0.6) is 0 Å². The van der Waals surface area contributed by atoms with Gasteiger partial charge in [0.15, 0.2) is 12.1 Å². The van der Waals surface area contributed by atoms with Gasteiger partial charge in [-0.25, -0.2) is 0 Å². The third-order valence-corrected chi connectivity index (χ3v) is 9.97. The topological polar surface area (TPSA) is 121 Å². The minimum atomic E-state index is -1.49. The number of ether oxygens (including phenoxy) is 4. The number of carbonyl (C=O) groups excluding carboxylic acids is 2. The van der Waals surface area contributed by atoms with Crippen molar-refractivity contribution in [1.29, 1.82) is 0 Å². The van der Waals surface area contributed by atoms with Gasteiger partial charge in [-0.1, -0.05) is 27.7 Å². The third kappa shape index (κ3) is 9.44. The van der Waals surface area contributed by atoms with Crippen molar-refractivity contribution in [1.82, 2.24) is 14.7 Å². The van der Waals surface area contributed by atoms with E-state index in [1.807, 2.05) is 46.8 Å². The molecule has 0 aliphatic carbocycles. The normalized spacial score (nSPS) is 37.3. The summed E-state index contributed by atoms with van der Waals surface area (Å²) in [6, 6.07) is -0.626. The number of cyclic esters (lactones) is 1. The minimum absolute atomic E-state index is 0.0190.